The van der Waals surface area contributed by atoms with Crippen LogP contribution in [0.25, 0.3) is 0 Å². The molecule has 0 heterocycles. The maximum Gasteiger partial charge on any atom is 0.0857 e. The van der Waals surface area contributed by atoms with Gasteiger partial charge in [0.2, 0.25) is 0 Å². The van der Waals surface area contributed by atoms with Crippen LogP contribution in [0, 0.1) is 6.92 Å². The highest BCUT2D eigenvalue weighted by Crippen LogP contribution is 1.64. The van der Waals surface area contributed by atoms with E-state index in [2.05, 4.69) is 9.78 Å². The Morgan fingerprint density at radius 2 is 2.40 bits per heavy atom. The van der Waals surface area contributed by atoms with Gasteiger partial charge in [-0.2, -0.15) is 0 Å². The minimum Gasteiger partial charge on any atom is -0.240 e. The molecule has 0 aliphatic rings. The van der Waals surface area contributed by atoms with Crippen LogP contribution >= 0.6 is 0 Å². The van der Waals surface area contributed by atoms with Crippen molar-refractivity contribution in [3.05, 3.63) is 6.92 Å². The van der Waals surface area contributed by atoms with E-state index in [4.69, 9.17) is 6.92 Å². The first kappa shape index (κ1) is 4.92. The highest BCUT2D eigenvalue weighted by Gasteiger charge is 1.64. The number of hydrogen-bond donors (Lipinski definition) is 0. The fraction of sp³-hybridized carbons (Fsp3) is 0.667. The van der Waals surface area contributed by atoms with E-state index in [1.807, 2.05) is 0 Å². The third-order valence-electron chi connectivity index (χ3n) is 0.186. The van der Waals surface area contributed by atoms with Crippen molar-refractivity contribution in [3.8, 4) is 0 Å². The lowest BCUT2D eigenvalue weighted by molar-refractivity contribution is -0.263. The minimum absolute atomic E-state index is 0.122. The summed E-state index contributed by atoms with van der Waals surface area (Å²) in [6, 6.07) is 0. The topological polar surface area (TPSA) is 18.5 Å². The third kappa shape index (κ3) is 3.92. The Morgan fingerprint density at radius 1 is 1.80 bits per heavy atom. The van der Waals surface area contributed by atoms with E-state index >= 15 is 0 Å². The highest BCUT2D eigenvalue weighted by atomic mass is 17.2. The van der Waals surface area contributed by atoms with Crippen LogP contribution in [0.4, 0.5) is 0 Å². The molecule has 0 saturated heterocycles. The molecule has 0 bridgehead atoms. The maximum absolute atomic E-state index is 4.79. The number of hydrogen-bond acceptors (Lipinski definition) is 2. The first-order valence-electron chi connectivity index (χ1n) is 1.27. The SMILES string of the molecule is [CH]COOC. The van der Waals surface area contributed by atoms with Gasteiger partial charge in [0.1, 0.15) is 0 Å². The van der Waals surface area contributed by atoms with Gasteiger partial charge < -0.3 is 0 Å². The van der Waals surface area contributed by atoms with Crippen LogP contribution in [0.3, 0.4) is 0 Å². The Labute approximate surface area is 31.6 Å². The van der Waals surface area contributed by atoms with Crippen LogP contribution < -0.4 is 0 Å². The first-order chi connectivity index (χ1) is 2.41. The smallest absolute Gasteiger partial charge is 0.0857 e. The summed E-state index contributed by atoms with van der Waals surface area (Å²) in [4.78, 5) is 8.18. The van der Waals surface area contributed by atoms with Gasteiger partial charge in [0.15, 0.2) is 0 Å². The lowest BCUT2D eigenvalue weighted by Crippen LogP contribution is -1.83. The summed E-state index contributed by atoms with van der Waals surface area (Å²) in [5, 5.41) is 0. The predicted octanol–water partition coefficient (Wildman–Crippen LogP) is 0.275. The highest BCUT2D eigenvalue weighted by molar-refractivity contribution is 4.19. The molecule has 0 atom stereocenters. The van der Waals surface area contributed by atoms with Crippen LogP contribution in [0.2, 0.25) is 0 Å². The quantitative estimate of drug-likeness (QED) is 0.346. The molecule has 0 aromatic heterocycles. The van der Waals surface area contributed by atoms with Gasteiger partial charge >= 0.3 is 0 Å². The summed E-state index contributed by atoms with van der Waals surface area (Å²) in [7, 11) is 1.41. The van der Waals surface area contributed by atoms with E-state index in [9.17, 15) is 0 Å². The van der Waals surface area contributed by atoms with Gasteiger partial charge in [-0.25, -0.2) is 9.78 Å². The average molecular weight is 74.1 g/mol. The van der Waals surface area contributed by atoms with E-state index in [1.54, 1.807) is 0 Å². The van der Waals surface area contributed by atoms with Crippen LogP contribution in [0.5, 0.6) is 0 Å². The summed E-state index contributed by atoms with van der Waals surface area (Å²) in [5.41, 5.74) is 0. The van der Waals surface area contributed by atoms with Crippen molar-refractivity contribution in [2.24, 2.45) is 0 Å². The summed E-state index contributed by atoms with van der Waals surface area (Å²) in [5.74, 6) is 0. The molecule has 30 valence electrons. The van der Waals surface area contributed by atoms with E-state index in [1.165, 1.54) is 7.11 Å². The van der Waals surface area contributed by atoms with E-state index in [-0.39, 0.29) is 6.61 Å². The van der Waals surface area contributed by atoms with Crippen molar-refractivity contribution in [1.82, 2.24) is 0 Å². The molecule has 0 aromatic rings. The molecule has 0 fully saturated rings. The molecule has 0 N–H and O–H groups in total. The Balaban J connectivity index is 2.19. The third-order valence-corrected chi connectivity index (χ3v) is 0.186. The molecule has 0 spiro atoms. The summed E-state index contributed by atoms with van der Waals surface area (Å²) >= 11 is 0. The molecule has 0 amide bonds. The number of rotatable bonds is 2. The summed E-state index contributed by atoms with van der Waals surface area (Å²) in [6.45, 7) is 4.91. The second-order valence-corrected chi connectivity index (χ2v) is 0.451. The molecule has 2 heteroatoms. The van der Waals surface area contributed by atoms with Gasteiger partial charge in [0.05, 0.1) is 13.7 Å². The fourth-order valence-electron chi connectivity index (χ4n) is 0.0680. The Hall–Kier alpha value is -0.0800. The molecular weight excluding hydrogens is 68.0 g/mol. The molecular formula is C3H6O2. The maximum atomic E-state index is 4.79. The Kier molecular flexibility index (Phi) is 3.86. The average Bonchev–Trinajstić information content (AvgIpc) is 1.41. The van der Waals surface area contributed by atoms with Gasteiger partial charge in [-0.1, -0.05) is 0 Å². The molecule has 0 saturated carbocycles. The monoisotopic (exact) mass is 74.0 g/mol. The van der Waals surface area contributed by atoms with Crippen molar-refractivity contribution in [3.63, 3.8) is 0 Å². The second kappa shape index (κ2) is 3.92. The first-order valence-corrected chi connectivity index (χ1v) is 1.27. The Bertz CT molecular complexity index is 12.4. The molecule has 0 aromatic carbocycles. The van der Waals surface area contributed by atoms with Crippen molar-refractivity contribution >= 4 is 0 Å². The van der Waals surface area contributed by atoms with Crippen LogP contribution in [0.15, 0.2) is 0 Å². The van der Waals surface area contributed by atoms with Gasteiger partial charge in [0, 0.05) is 0 Å². The zero-order chi connectivity index (χ0) is 4.12. The van der Waals surface area contributed by atoms with Crippen molar-refractivity contribution in [2.45, 2.75) is 0 Å². The second-order valence-electron chi connectivity index (χ2n) is 0.451. The van der Waals surface area contributed by atoms with Gasteiger partial charge in [-0.05, 0) is 6.92 Å². The zero-order valence-corrected chi connectivity index (χ0v) is 3.10. The molecule has 0 unspecified atom stereocenters. The summed E-state index contributed by atoms with van der Waals surface area (Å²) < 4.78 is 0. The predicted molar refractivity (Wildman–Crippen MR) is 17.3 cm³/mol. The van der Waals surface area contributed by atoms with Crippen molar-refractivity contribution in [1.29, 1.82) is 0 Å². The van der Waals surface area contributed by atoms with Crippen LogP contribution in [-0.4, -0.2) is 13.7 Å². The van der Waals surface area contributed by atoms with E-state index in [0.29, 0.717) is 0 Å². The van der Waals surface area contributed by atoms with Gasteiger partial charge in [-0.3, -0.25) is 0 Å². The molecule has 5 heavy (non-hydrogen) atoms. The van der Waals surface area contributed by atoms with Crippen LogP contribution in [-0.2, 0) is 9.78 Å². The lowest BCUT2D eigenvalue weighted by Gasteiger charge is -1.86. The fourth-order valence-corrected chi connectivity index (χ4v) is 0.0680. The van der Waals surface area contributed by atoms with E-state index in [0.717, 1.165) is 0 Å². The molecule has 0 aliphatic heterocycles. The van der Waals surface area contributed by atoms with Crippen molar-refractivity contribution in [2.75, 3.05) is 13.7 Å². The molecule has 0 aliphatic carbocycles. The van der Waals surface area contributed by atoms with Crippen molar-refractivity contribution < 1.29 is 9.78 Å². The molecule has 2 radical (unpaired) electrons. The van der Waals surface area contributed by atoms with Gasteiger partial charge in [-0.15, -0.1) is 0 Å². The molecule has 2 nitrogen and oxygen atoms in total. The zero-order valence-electron chi connectivity index (χ0n) is 3.10. The van der Waals surface area contributed by atoms with E-state index < -0.39 is 0 Å². The van der Waals surface area contributed by atoms with Gasteiger partial charge in [0.25, 0.3) is 0 Å². The summed E-state index contributed by atoms with van der Waals surface area (Å²) in [6.07, 6.45) is 0. The lowest BCUT2D eigenvalue weighted by atomic mass is 10.9. The molecule has 0 rings (SSSR count). The standard InChI is InChI=1S/C3H6O2/c1-3-5-4-2/h1H,3H2,2H3. The minimum atomic E-state index is 0.122. The largest absolute Gasteiger partial charge is 0.240 e. The normalized spacial score (nSPS) is 8.40. The van der Waals surface area contributed by atoms with Crippen LogP contribution in [0.1, 0.15) is 0 Å². The Morgan fingerprint density at radius 3 is 2.40 bits per heavy atom.